The Hall–Kier alpha value is -1.35. The van der Waals surface area contributed by atoms with Crippen molar-refractivity contribution in [1.82, 2.24) is 10.2 Å². The first-order valence-electron chi connectivity index (χ1n) is 8.18. The Labute approximate surface area is 128 Å². The normalized spacial score (nSPS) is 16.9. The number of aryl methyl sites for hydroxylation is 1. The standard InChI is InChI=1S/C18H28N2O/c1-15-7-11-20(12-8-15)10-4-9-19-18(21)14-17-6-3-5-16(2)13-17/h3,5-6,13,15H,4,7-12,14H2,1-2H3,(H,19,21). The molecule has 21 heavy (non-hydrogen) atoms. The number of nitrogens with zero attached hydrogens (tertiary/aromatic N) is 1. The van der Waals surface area contributed by atoms with Crippen LogP contribution in [0.15, 0.2) is 24.3 Å². The molecule has 1 fully saturated rings. The Morgan fingerprint density at radius 3 is 2.81 bits per heavy atom. The van der Waals surface area contributed by atoms with Crippen molar-refractivity contribution in [3.8, 4) is 0 Å². The van der Waals surface area contributed by atoms with Gasteiger partial charge in [0, 0.05) is 6.54 Å². The maximum absolute atomic E-state index is 11.9. The van der Waals surface area contributed by atoms with Gasteiger partial charge >= 0.3 is 0 Å². The van der Waals surface area contributed by atoms with E-state index >= 15 is 0 Å². The molecule has 1 N–H and O–H groups in total. The second-order valence-electron chi connectivity index (χ2n) is 6.39. The van der Waals surface area contributed by atoms with Crippen LogP contribution in [0, 0.1) is 12.8 Å². The van der Waals surface area contributed by atoms with Crippen LogP contribution in [-0.2, 0) is 11.2 Å². The minimum atomic E-state index is 0.132. The summed E-state index contributed by atoms with van der Waals surface area (Å²) < 4.78 is 0. The van der Waals surface area contributed by atoms with Gasteiger partial charge < -0.3 is 10.2 Å². The van der Waals surface area contributed by atoms with Crippen LogP contribution < -0.4 is 5.32 Å². The van der Waals surface area contributed by atoms with Crippen molar-refractivity contribution in [3.63, 3.8) is 0 Å². The monoisotopic (exact) mass is 288 g/mol. The molecule has 0 unspecified atom stereocenters. The zero-order chi connectivity index (χ0) is 15.1. The number of hydrogen-bond donors (Lipinski definition) is 1. The number of amides is 1. The van der Waals surface area contributed by atoms with Crippen molar-refractivity contribution < 1.29 is 4.79 Å². The van der Waals surface area contributed by atoms with E-state index in [-0.39, 0.29) is 5.91 Å². The van der Waals surface area contributed by atoms with Gasteiger partial charge in [-0.25, -0.2) is 0 Å². The lowest BCUT2D eigenvalue weighted by molar-refractivity contribution is -0.120. The fraction of sp³-hybridized carbons (Fsp3) is 0.611. The number of likely N-dealkylation sites (tertiary alicyclic amines) is 1. The number of rotatable bonds is 6. The van der Waals surface area contributed by atoms with E-state index < -0.39 is 0 Å². The molecule has 1 amide bonds. The van der Waals surface area contributed by atoms with Crippen LogP contribution in [-0.4, -0.2) is 37.0 Å². The van der Waals surface area contributed by atoms with E-state index in [1.807, 2.05) is 12.1 Å². The molecule has 0 atom stereocenters. The van der Waals surface area contributed by atoms with Crippen molar-refractivity contribution in [3.05, 3.63) is 35.4 Å². The minimum absolute atomic E-state index is 0.132. The van der Waals surface area contributed by atoms with Gasteiger partial charge in [-0.3, -0.25) is 4.79 Å². The number of carbonyl (C=O) groups excluding carboxylic acids is 1. The average Bonchev–Trinajstić information content (AvgIpc) is 2.45. The predicted molar refractivity (Wildman–Crippen MR) is 87.3 cm³/mol. The van der Waals surface area contributed by atoms with Crippen molar-refractivity contribution in [2.24, 2.45) is 5.92 Å². The molecule has 1 aliphatic heterocycles. The highest BCUT2D eigenvalue weighted by atomic mass is 16.1. The smallest absolute Gasteiger partial charge is 0.224 e. The number of carbonyl (C=O) groups is 1. The number of piperidine rings is 1. The summed E-state index contributed by atoms with van der Waals surface area (Å²) in [6.45, 7) is 8.73. The molecule has 0 aliphatic carbocycles. The van der Waals surface area contributed by atoms with Gasteiger partial charge in [-0.15, -0.1) is 0 Å². The summed E-state index contributed by atoms with van der Waals surface area (Å²) >= 11 is 0. The van der Waals surface area contributed by atoms with E-state index in [4.69, 9.17) is 0 Å². The van der Waals surface area contributed by atoms with Crippen LogP contribution in [0.2, 0.25) is 0 Å². The quantitative estimate of drug-likeness (QED) is 0.816. The molecule has 0 spiro atoms. The second-order valence-corrected chi connectivity index (χ2v) is 6.39. The molecule has 0 saturated carbocycles. The molecule has 3 nitrogen and oxygen atoms in total. The molecule has 1 saturated heterocycles. The summed E-state index contributed by atoms with van der Waals surface area (Å²) in [6.07, 6.45) is 4.18. The number of nitrogens with one attached hydrogen (secondary N) is 1. The Morgan fingerprint density at radius 2 is 2.10 bits per heavy atom. The first kappa shape index (κ1) is 16.0. The van der Waals surface area contributed by atoms with Gasteiger partial charge in [0.2, 0.25) is 5.91 Å². The minimum Gasteiger partial charge on any atom is -0.356 e. The van der Waals surface area contributed by atoms with Gasteiger partial charge in [0.15, 0.2) is 0 Å². The summed E-state index contributed by atoms with van der Waals surface area (Å²) in [5.41, 5.74) is 2.30. The highest BCUT2D eigenvalue weighted by molar-refractivity contribution is 5.78. The van der Waals surface area contributed by atoms with E-state index in [0.29, 0.717) is 6.42 Å². The van der Waals surface area contributed by atoms with Crippen LogP contribution in [0.5, 0.6) is 0 Å². The van der Waals surface area contributed by atoms with Crippen LogP contribution >= 0.6 is 0 Å². The molecule has 1 aromatic carbocycles. The Balaban J connectivity index is 1.59. The van der Waals surface area contributed by atoms with Gasteiger partial charge in [-0.1, -0.05) is 36.8 Å². The topological polar surface area (TPSA) is 32.3 Å². The summed E-state index contributed by atoms with van der Waals surface area (Å²) in [5.74, 6) is 1.02. The second kappa shape index (κ2) is 8.18. The molecular formula is C18H28N2O. The molecule has 0 bridgehead atoms. The fourth-order valence-electron chi connectivity index (χ4n) is 2.89. The van der Waals surface area contributed by atoms with Gasteiger partial charge in [0.25, 0.3) is 0 Å². The van der Waals surface area contributed by atoms with Crippen LogP contribution in [0.4, 0.5) is 0 Å². The lowest BCUT2D eigenvalue weighted by atomic mass is 9.99. The van der Waals surface area contributed by atoms with E-state index in [9.17, 15) is 4.79 Å². The summed E-state index contributed by atoms with van der Waals surface area (Å²) in [4.78, 5) is 14.4. The lowest BCUT2D eigenvalue weighted by Crippen LogP contribution is -2.35. The zero-order valence-corrected chi connectivity index (χ0v) is 13.4. The molecular weight excluding hydrogens is 260 g/mol. The number of hydrogen-bond acceptors (Lipinski definition) is 2. The van der Waals surface area contributed by atoms with Crippen LogP contribution in [0.1, 0.15) is 37.3 Å². The zero-order valence-electron chi connectivity index (χ0n) is 13.4. The van der Waals surface area contributed by atoms with Gasteiger partial charge in [-0.2, -0.15) is 0 Å². The molecule has 1 aromatic rings. The third-order valence-electron chi connectivity index (χ3n) is 4.30. The maximum atomic E-state index is 11.9. The third-order valence-corrected chi connectivity index (χ3v) is 4.30. The maximum Gasteiger partial charge on any atom is 0.224 e. The molecule has 116 valence electrons. The summed E-state index contributed by atoms with van der Waals surface area (Å²) in [7, 11) is 0. The van der Waals surface area contributed by atoms with Gasteiger partial charge in [-0.05, 0) is 57.3 Å². The van der Waals surface area contributed by atoms with Crippen molar-refractivity contribution >= 4 is 5.91 Å². The molecule has 3 heteroatoms. The van der Waals surface area contributed by atoms with E-state index in [0.717, 1.165) is 31.0 Å². The van der Waals surface area contributed by atoms with E-state index in [2.05, 4.69) is 36.2 Å². The molecule has 1 aliphatic rings. The summed E-state index contributed by atoms with van der Waals surface area (Å²) in [5, 5.41) is 3.03. The predicted octanol–water partition coefficient (Wildman–Crippen LogP) is 2.78. The van der Waals surface area contributed by atoms with Crippen molar-refractivity contribution in [2.75, 3.05) is 26.2 Å². The Bertz CT molecular complexity index is 450. The van der Waals surface area contributed by atoms with Crippen molar-refractivity contribution in [2.45, 2.75) is 39.5 Å². The first-order chi connectivity index (χ1) is 10.1. The Morgan fingerprint density at radius 1 is 1.33 bits per heavy atom. The molecule has 0 radical (unpaired) electrons. The van der Waals surface area contributed by atoms with Gasteiger partial charge in [0.05, 0.1) is 6.42 Å². The van der Waals surface area contributed by atoms with Crippen LogP contribution in [0.3, 0.4) is 0 Å². The largest absolute Gasteiger partial charge is 0.356 e. The average molecular weight is 288 g/mol. The molecule has 2 rings (SSSR count). The number of benzene rings is 1. The SMILES string of the molecule is Cc1cccc(CC(=O)NCCCN2CCC(C)CC2)c1. The summed E-state index contributed by atoms with van der Waals surface area (Å²) in [6, 6.07) is 8.16. The highest BCUT2D eigenvalue weighted by Crippen LogP contribution is 2.15. The first-order valence-corrected chi connectivity index (χ1v) is 8.18. The van der Waals surface area contributed by atoms with Crippen molar-refractivity contribution in [1.29, 1.82) is 0 Å². The lowest BCUT2D eigenvalue weighted by Gasteiger charge is -2.30. The van der Waals surface area contributed by atoms with Gasteiger partial charge in [0.1, 0.15) is 0 Å². The highest BCUT2D eigenvalue weighted by Gasteiger charge is 2.14. The molecule has 1 heterocycles. The molecule has 0 aromatic heterocycles. The van der Waals surface area contributed by atoms with E-state index in [1.165, 1.54) is 31.5 Å². The Kier molecular flexibility index (Phi) is 6.24. The fourth-order valence-corrected chi connectivity index (χ4v) is 2.89. The van der Waals surface area contributed by atoms with E-state index in [1.54, 1.807) is 0 Å². The third kappa shape index (κ3) is 5.88. The van der Waals surface area contributed by atoms with Crippen LogP contribution in [0.25, 0.3) is 0 Å².